The van der Waals surface area contributed by atoms with E-state index in [4.69, 9.17) is 25.5 Å². The zero-order chi connectivity index (χ0) is 9.52. The van der Waals surface area contributed by atoms with Crippen LogP contribution in [0.5, 0.6) is 0 Å². The van der Waals surface area contributed by atoms with Gasteiger partial charge in [0.15, 0.2) is 6.10 Å². The van der Waals surface area contributed by atoms with Crippen LogP contribution >= 0.6 is 0 Å². The summed E-state index contributed by atoms with van der Waals surface area (Å²) < 4.78 is 4.42. The molecule has 1 heterocycles. The first kappa shape index (κ1) is 9.85. The monoisotopic (exact) mass is 180 g/mol. The Bertz CT molecular complexity index is 169. The highest BCUT2D eigenvalue weighted by Gasteiger charge is 2.50. The van der Waals surface area contributed by atoms with Gasteiger partial charge in [0, 0.05) is 0 Å². The van der Waals surface area contributed by atoms with E-state index in [2.05, 4.69) is 4.74 Å². The Labute approximate surface area is 68.6 Å². The summed E-state index contributed by atoms with van der Waals surface area (Å²) in [6.45, 7) is 1.35. The second-order valence-corrected chi connectivity index (χ2v) is 2.91. The van der Waals surface area contributed by atoms with Crippen molar-refractivity contribution in [2.75, 3.05) is 0 Å². The highest BCUT2D eigenvalue weighted by Crippen LogP contribution is 2.25. The van der Waals surface area contributed by atoms with Gasteiger partial charge in [0.2, 0.25) is 0 Å². The van der Waals surface area contributed by atoms with Crippen LogP contribution < -0.4 is 0 Å². The molecule has 1 aliphatic rings. The van der Waals surface area contributed by atoms with E-state index in [1.807, 2.05) is 0 Å². The molecular formula is C6H12O6. The first-order chi connectivity index (χ1) is 5.36. The Kier molecular flexibility index (Phi) is 2.39. The van der Waals surface area contributed by atoms with Crippen LogP contribution in [0.4, 0.5) is 0 Å². The van der Waals surface area contributed by atoms with Crippen molar-refractivity contribution in [1.82, 2.24) is 0 Å². The maximum Gasteiger partial charge on any atom is 0.308 e. The summed E-state index contributed by atoms with van der Waals surface area (Å²) in [4.78, 5) is 0. The van der Waals surface area contributed by atoms with Crippen LogP contribution in [-0.4, -0.2) is 55.9 Å². The SMILES string of the molecule is CC1OC(O)(O)C(O)C(O)C1O. The molecule has 1 rings (SSSR count). The van der Waals surface area contributed by atoms with E-state index in [1.165, 1.54) is 6.92 Å². The highest BCUT2D eigenvalue weighted by molar-refractivity contribution is 4.89. The van der Waals surface area contributed by atoms with Gasteiger partial charge in [0.05, 0.1) is 6.10 Å². The molecule has 6 nitrogen and oxygen atoms in total. The molecule has 0 bridgehead atoms. The third-order valence-electron chi connectivity index (χ3n) is 1.90. The molecule has 0 spiro atoms. The fraction of sp³-hybridized carbons (Fsp3) is 1.00. The molecule has 72 valence electrons. The quantitative estimate of drug-likeness (QED) is 0.256. The normalized spacial score (nSPS) is 47.5. The molecule has 0 aromatic heterocycles. The van der Waals surface area contributed by atoms with Crippen LogP contribution in [-0.2, 0) is 4.74 Å². The van der Waals surface area contributed by atoms with Gasteiger partial charge in [0.25, 0.3) is 0 Å². The summed E-state index contributed by atoms with van der Waals surface area (Å²) in [5.74, 6) is -2.79. The van der Waals surface area contributed by atoms with E-state index >= 15 is 0 Å². The average Bonchev–Trinajstić information content (AvgIpc) is 1.97. The molecule has 1 saturated heterocycles. The lowest BCUT2D eigenvalue weighted by atomic mass is 9.99. The number of hydrogen-bond donors (Lipinski definition) is 5. The predicted octanol–water partition coefficient (Wildman–Crippen LogP) is -2.87. The summed E-state index contributed by atoms with van der Waals surface area (Å²) in [7, 11) is 0. The van der Waals surface area contributed by atoms with E-state index < -0.39 is 30.4 Å². The Morgan fingerprint density at radius 1 is 1.08 bits per heavy atom. The lowest BCUT2D eigenvalue weighted by Gasteiger charge is -2.41. The molecule has 5 N–H and O–H groups in total. The number of aliphatic hydroxyl groups excluding tert-OH is 3. The number of ether oxygens (including phenoxy) is 1. The predicted molar refractivity (Wildman–Crippen MR) is 35.7 cm³/mol. The molecule has 6 heteroatoms. The summed E-state index contributed by atoms with van der Waals surface area (Å²) in [6, 6.07) is 0. The van der Waals surface area contributed by atoms with Crippen molar-refractivity contribution < 1.29 is 30.3 Å². The fourth-order valence-electron chi connectivity index (χ4n) is 1.10. The molecule has 1 fully saturated rings. The van der Waals surface area contributed by atoms with E-state index in [0.29, 0.717) is 0 Å². The van der Waals surface area contributed by atoms with Gasteiger partial charge < -0.3 is 30.3 Å². The van der Waals surface area contributed by atoms with Crippen molar-refractivity contribution in [2.24, 2.45) is 0 Å². The van der Waals surface area contributed by atoms with Crippen molar-refractivity contribution >= 4 is 0 Å². The largest absolute Gasteiger partial charge is 0.388 e. The Morgan fingerprint density at radius 2 is 1.58 bits per heavy atom. The summed E-state index contributed by atoms with van der Waals surface area (Å²) in [6.07, 6.45) is -5.82. The smallest absolute Gasteiger partial charge is 0.308 e. The van der Waals surface area contributed by atoms with Crippen LogP contribution in [0.25, 0.3) is 0 Å². The van der Waals surface area contributed by atoms with Crippen LogP contribution in [0.2, 0.25) is 0 Å². The van der Waals surface area contributed by atoms with Crippen molar-refractivity contribution in [3.8, 4) is 0 Å². The van der Waals surface area contributed by atoms with Crippen LogP contribution in [0, 0.1) is 0 Å². The fourth-order valence-corrected chi connectivity index (χ4v) is 1.10. The summed E-state index contributed by atoms with van der Waals surface area (Å²) >= 11 is 0. The lowest BCUT2D eigenvalue weighted by molar-refractivity contribution is -0.431. The van der Waals surface area contributed by atoms with Crippen molar-refractivity contribution in [3.63, 3.8) is 0 Å². The molecule has 4 atom stereocenters. The molecule has 1 aliphatic heterocycles. The molecular weight excluding hydrogens is 168 g/mol. The van der Waals surface area contributed by atoms with Crippen molar-refractivity contribution in [2.45, 2.75) is 37.3 Å². The van der Waals surface area contributed by atoms with E-state index in [9.17, 15) is 0 Å². The van der Waals surface area contributed by atoms with E-state index in [-0.39, 0.29) is 0 Å². The second kappa shape index (κ2) is 2.91. The third-order valence-corrected chi connectivity index (χ3v) is 1.90. The maximum atomic E-state index is 9.09. The van der Waals surface area contributed by atoms with Gasteiger partial charge in [0.1, 0.15) is 12.2 Å². The molecule has 0 aliphatic carbocycles. The minimum absolute atomic E-state index is 0.946. The van der Waals surface area contributed by atoms with Gasteiger partial charge in [-0.25, -0.2) is 0 Å². The first-order valence-electron chi connectivity index (χ1n) is 3.53. The minimum Gasteiger partial charge on any atom is -0.388 e. The Morgan fingerprint density at radius 3 is 2.08 bits per heavy atom. The zero-order valence-electron chi connectivity index (χ0n) is 6.45. The van der Waals surface area contributed by atoms with Gasteiger partial charge in [-0.15, -0.1) is 0 Å². The van der Waals surface area contributed by atoms with Gasteiger partial charge in [-0.1, -0.05) is 0 Å². The minimum atomic E-state index is -2.79. The van der Waals surface area contributed by atoms with Crippen molar-refractivity contribution in [3.05, 3.63) is 0 Å². The number of rotatable bonds is 0. The highest BCUT2D eigenvalue weighted by atomic mass is 16.8. The van der Waals surface area contributed by atoms with E-state index in [0.717, 1.165) is 0 Å². The molecule has 0 aromatic rings. The van der Waals surface area contributed by atoms with Gasteiger partial charge in [-0.3, -0.25) is 0 Å². The topological polar surface area (TPSA) is 110 Å². The van der Waals surface area contributed by atoms with Crippen LogP contribution in [0.3, 0.4) is 0 Å². The maximum absolute atomic E-state index is 9.09. The Balaban J connectivity index is 2.78. The summed E-state index contributed by atoms with van der Waals surface area (Å²) in [5, 5.41) is 44.9. The molecule has 0 aromatic carbocycles. The van der Waals surface area contributed by atoms with Crippen molar-refractivity contribution in [1.29, 1.82) is 0 Å². The molecule has 4 unspecified atom stereocenters. The van der Waals surface area contributed by atoms with Crippen LogP contribution in [0.15, 0.2) is 0 Å². The van der Waals surface area contributed by atoms with Gasteiger partial charge >= 0.3 is 5.97 Å². The molecule has 12 heavy (non-hydrogen) atoms. The first-order valence-corrected chi connectivity index (χ1v) is 3.53. The third kappa shape index (κ3) is 1.45. The standard InChI is InChI=1S/C6H12O6/c1-2-3(7)4(8)5(9)6(10,11)12-2/h2-5,7-11H,1H3. The summed E-state index contributed by atoms with van der Waals surface area (Å²) in [5.41, 5.74) is 0. The molecule has 0 saturated carbocycles. The van der Waals surface area contributed by atoms with Gasteiger partial charge in [-0.05, 0) is 6.92 Å². The molecule has 0 amide bonds. The Hall–Kier alpha value is -0.240. The van der Waals surface area contributed by atoms with Crippen LogP contribution in [0.1, 0.15) is 6.92 Å². The zero-order valence-corrected chi connectivity index (χ0v) is 6.45. The lowest BCUT2D eigenvalue weighted by Crippen LogP contribution is -2.63. The number of aliphatic hydroxyl groups is 5. The number of hydrogen-bond acceptors (Lipinski definition) is 6. The average molecular weight is 180 g/mol. The molecule has 0 radical (unpaired) electrons. The van der Waals surface area contributed by atoms with Gasteiger partial charge in [-0.2, -0.15) is 0 Å². The second-order valence-electron chi connectivity index (χ2n) is 2.91. The van der Waals surface area contributed by atoms with E-state index in [1.54, 1.807) is 0 Å².